The van der Waals surface area contributed by atoms with Crippen molar-refractivity contribution in [1.82, 2.24) is 4.98 Å². The minimum Gasteiger partial charge on any atom is -0.322 e. The van der Waals surface area contributed by atoms with E-state index in [9.17, 15) is 14.0 Å². The van der Waals surface area contributed by atoms with Gasteiger partial charge in [0.05, 0.1) is 15.1 Å². The second kappa shape index (κ2) is 7.50. The number of H-pyrrole nitrogens is 1. The van der Waals surface area contributed by atoms with Crippen LogP contribution in [0.2, 0.25) is 15.1 Å². The van der Waals surface area contributed by atoms with Gasteiger partial charge in [0.25, 0.3) is 11.5 Å². The molecule has 26 heavy (non-hydrogen) atoms. The third kappa shape index (κ3) is 3.90. The lowest BCUT2D eigenvalue weighted by Crippen LogP contribution is -2.23. The summed E-state index contributed by atoms with van der Waals surface area (Å²) >= 11 is 17.7. The molecule has 2 N–H and O–H groups in total. The molecule has 2 aromatic carbocycles. The molecule has 1 aromatic heterocycles. The Bertz CT molecular complexity index is 1030. The summed E-state index contributed by atoms with van der Waals surface area (Å²) in [6, 6.07) is 11.4. The number of carbonyl (C=O) groups excluding carboxylic acids is 1. The highest BCUT2D eigenvalue weighted by atomic mass is 35.5. The fourth-order valence-corrected chi connectivity index (χ4v) is 2.87. The molecule has 0 saturated carbocycles. The molecule has 0 unspecified atom stereocenters. The lowest BCUT2D eigenvalue weighted by Gasteiger charge is -2.08. The average Bonchev–Trinajstić information content (AvgIpc) is 2.60. The Balaban J connectivity index is 1.86. The Labute approximate surface area is 162 Å². The molecule has 1 heterocycles. The van der Waals surface area contributed by atoms with Crippen molar-refractivity contribution in [3.63, 3.8) is 0 Å². The van der Waals surface area contributed by atoms with Crippen LogP contribution >= 0.6 is 34.8 Å². The van der Waals surface area contributed by atoms with Crippen LogP contribution in [0.1, 0.15) is 10.4 Å². The first-order chi connectivity index (χ1) is 12.3. The predicted octanol–water partition coefficient (Wildman–Crippen LogP) is 5.39. The van der Waals surface area contributed by atoms with Gasteiger partial charge in [0.15, 0.2) is 0 Å². The molecule has 0 radical (unpaired) electrons. The highest BCUT2D eigenvalue weighted by Gasteiger charge is 2.14. The number of hydrogen-bond donors (Lipinski definition) is 2. The van der Waals surface area contributed by atoms with E-state index in [1.165, 1.54) is 42.5 Å². The lowest BCUT2D eigenvalue weighted by atomic mass is 10.1. The molecule has 0 atom stereocenters. The quantitative estimate of drug-likeness (QED) is 0.567. The van der Waals surface area contributed by atoms with Crippen LogP contribution in [0, 0.1) is 5.82 Å². The molecule has 0 fully saturated rings. The van der Waals surface area contributed by atoms with Crippen molar-refractivity contribution in [2.45, 2.75) is 0 Å². The van der Waals surface area contributed by atoms with E-state index in [0.29, 0.717) is 16.9 Å². The lowest BCUT2D eigenvalue weighted by molar-refractivity contribution is 0.102. The van der Waals surface area contributed by atoms with Crippen LogP contribution in [-0.4, -0.2) is 10.9 Å². The van der Waals surface area contributed by atoms with Gasteiger partial charge in [-0.15, -0.1) is 0 Å². The first-order valence-electron chi connectivity index (χ1n) is 7.30. The zero-order valence-corrected chi connectivity index (χ0v) is 15.2. The van der Waals surface area contributed by atoms with Gasteiger partial charge in [-0.3, -0.25) is 9.59 Å². The Kier molecular flexibility index (Phi) is 5.32. The van der Waals surface area contributed by atoms with Crippen molar-refractivity contribution in [2.24, 2.45) is 0 Å². The summed E-state index contributed by atoms with van der Waals surface area (Å²) in [5.74, 6) is -1.02. The van der Waals surface area contributed by atoms with Gasteiger partial charge in [-0.25, -0.2) is 4.39 Å². The van der Waals surface area contributed by atoms with E-state index in [4.69, 9.17) is 34.8 Å². The van der Waals surface area contributed by atoms with Crippen molar-refractivity contribution in [1.29, 1.82) is 0 Å². The summed E-state index contributed by atoms with van der Waals surface area (Å²) in [6.45, 7) is 0. The largest absolute Gasteiger partial charge is 0.322 e. The van der Waals surface area contributed by atoms with Crippen LogP contribution < -0.4 is 10.9 Å². The monoisotopic (exact) mass is 410 g/mol. The molecular weight excluding hydrogens is 402 g/mol. The second-order valence-corrected chi connectivity index (χ2v) is 6.52. The third-order valence-corrected chi connectivity index (χ3v) is 4.75. The summed E-state index contributed by atoms with van der Waals surface area (Å²) in [4.78, 5) is 27.2. The smallest absolute Gasteiger partial charge is 0.261 e. The van der Waals surface area contributed by atoms with Crippen molar-refractivity contribution < 1.29 is 9.18 Å². The van der Waals surface area contributed by atoms with Crippen LogP contribution in [0.15, 0.2) is 53.3 Å². The van der Waals surface area contributed by atoms with Crippen LogP contribution in [0.5, 0.6) is 0 Å². The average molecular weight is 412 g/mol. The van der Waals surface area contributed by atoms with Gasteiger partial charge in [-0.1, -0.05) is 34.8 Å². The minimum absolute atomic E-state index is 0.0990. The fourth-order valence-electron chi connectivity index (χ4n) is 2.28. The topological polar surface area (TPSA) is 62.0 Å². The molecule has 0 aliphatic rings. The minimum atomic E-state index is -0.633. The number of halogens is 4. The predicted molar refractivity (Wildman–Crippen MR) is 102 cm³/mol. The molecule has 8 heteroatoms. The number of hydrogen-bond acceptors (Lipinski definition) is 2. The highest BCUT2D eigenvalue weighted by molar-refractivity contribution is 6.48. The van der Waals surface area contributed by atoms with Crippen molar-refractivity contribution in [3.8, 4) is 11.3 Å². The Morgan fingerprint density at radius 2 is 1.58 bits per heavy atom. The number of benzene rings is 2. The molecule has 3 rings (SSSR count). The van der Waals surface area contributed by atoms with Crippen LogP contribution in [0.4, 0.5) is 10.1 Å². The number of amides is 1. The number of rotatable bonds is 3. The van der Waals surface area contributed by atoms with Gasteiger partial charge in [0, 0.05) is 11.4 Å². The van der Waals surface area contributed by atoms with Crippen molar-refractivity contribution >= 4 is 46.4 Å². The number of anilines is 1. The number of pyridine rings is 1. The van der Waals surface area contributed by atoms with Gasteiger partial charge >= 0.3 is 0 Å². The molecule has 4 nitrogen and oxygen atoms in total. The molecule has 0 aliphatic carbocycles. The van der Waals surface area contributed by atoms with E-state index in [2.05, 4.69) is 10.3 Å². The normalized spacial score (nSPS) is 10.6. The van der Waals surface area contributed by atoms with Crippen molar-refractivity contribution in [3.05, 3.63) is 85.3 Å². The van der Waals surface area contributed by atoms with Crippen LogP contribution in [0.25, 0.3) is 11.3 Å². The SMILES string of the molecule is O=C(Nc1cc(Cl)c(Cl)c(Cl)c1)c1ccc(-c2ccc(F)cc2)[nH]c1=O. The highest BCUT2D eigenvalue weighted by Crippen LogP contribution is 2.33. The van der Waals surface area contributed by atoms with E-state index in [-0.39, 0.29) is 26.4 Å². The van der Waals surface area contributed by atoms with E-state index in [1.54, 1.807) is 6.07 Å². The second-order valence-electron chi connectivity index (χ2n) is 5.33. The molecule has 0 saturated heterocycles. The van der Waals surface area contributed by atoms with Crippen LogP contribution in [0.3, 0.4) is 0 Å². The maximum atomic E-state index is 13.0. The zero-order valence-electron chi connectivity index (χ0n) is 12.9. The van der Waals surface area contributed by atoms with E-state index in [1.807, 2.05) is 0 Å². The summed E-state index contributed by atoms with van der Waals surface area (Å²) < 4.78 is 13.0. The zero-order chi connectivity index (χ0) is 18.8. The standard InChI is InChI=1S/C18H10Cl3FN2O2/c19-13-7-11(8-14(20)16(13)21)23-17(25)12-5-6-15(24-18(12)26)9-1-3-10(22)4-2-9/h1-8H,(H,23,25)(H,24,26). The van der Waals surface area contributed by atoms with Crippen LogP contribution in [-0.2, 0) is 0 Å². The summed E-state index contributed by atoms with van der Waals surface area (Å²) in [5, 5.41) is 3.06. The summed E-state index contributed by atoms with van der Waals surface area (Å²) in [6.07, 6.45) is 0. The maximum absolute atomic E-state index is 13.0. The Morgan fingerprint density at radius 3 is 2.15 bits per heavy atom. The van der Waals surface area contributed by atoms with Gasteiger partial charge in [-0.05, 0) is 54.1 Å². The Morgan fingerprint density at radius 1 is 0.962 bits per heavy atom. The van der Waals surface area contributed by atoms with Crippen molar-refractivity contribution in [2.75, 3.05) is 5.32 Å². The van der Waals surface area contributed by atoms with Gasteiger partial charge in [0.1, 0.15) is 11.4 Å². The number of carbonyl (C=O) groups is 1. The number of aromatic amines is 1. The number of aromatic nitrogens is 1. The molecule has 0 spiro atoms. The molecule has 132 valence electrons. The number of nitrogens with one attached hydrogen (secondary N) is 2. The molecule has 1 amide bonds. The molecule has 0 aliphatic heterocycles. The maximum Gasteiger partial charge on any atom is 0.261 e. The van der Waals surface area contributed by atoms with Gasteiger partial charge < -0.3 is 10.3 Å². The fraction of sp³-hybridized carbons (Fsp3) is 0. The van der Waals surface area contributed by atoms with E-state index >= 15 is 0 Å². The first-order valence-corrected chi connectivity index (χ1v) is 8.43. The summed E-state index contributed by atoms with van der Waals surface area (Å²) in [5.41, 5.74) is 0.695. The van der Waals surface area contributed by atoms with E-state index in [0.717, 1.165) is 0 Å². The van der Waals surface area contributed by atoms with E-state index < -0.39 is 11.5 Å². The third-order valence-electron chi connectivity index (χ3n) is 3.55. The molecule has 0 bridgehead atoms. The van der Waals surface area contributed by atoms with Gasteiger partial charge in [0.2, 0.25) is 0 Å². The molecular formula is C18H10Cl3FN2O2. The van der Waals surface area contributed by atoms with Gasteiger partial charge in [-0.2, -0.15) is 0 Å². The Hall–Kier alpha value is -2.34. The molecule has 3 aromatic rings. The summed E-state index contributed by atoms with van der Waals surface area (Å²) in [7, 11) is 0. The first kappa shape index (κ1) is 18.5.